The number of rotatable bonds is 4. The van der Waals surface area contributed by atoms with Crippen LogP contribution in [0.15, 0.2) is 48.5 Å². The molecule has 0 aliphatic rings. The van der Waals surface area contributed by atoms with E-state index >= 15 is 0 Å². The first kappa shape index (κ1) is 16.6. The molecule has 3 heteroatoms. The smallest absolute Gasteiger partial charge is 0.376 e. The summed E-state index contributed by atoms with van der Waals surface area (Å²) in [7, 11) is 0. The van der Waals surface area contributed by atoms with Gasteiger partial charge in [0.15, 0.2) is 0 Å². The van der Waals surface area contributed by atoms with E-state index in [4.69, 9.17) is 4.74 Å². The first-order valence-electron chi connectivity index (χ1n) is 4.94. The Balaban J connectivity index is 0.00000128. The normalized spacial score (nSPS) is 8.94. The van der Waals surface area contributed by atoms with E-state index in [0.29, 0.717) is 13.2 Å². The Kier molecular flexibility index (Phi) is 9.38. The van der Waals surface area contributed by atoms with Crippen molar-refractivity contribution < 1.29 is 42.5 Å². The van der Waals surface area contributed by atoms with Crippen molar-refractivity contribution in [1.29, 1.82) is 0 Å². The second-order valence-corrected chi connectivity index (χ2v) is 3.27. The fraction of sp³-hybridized carbons (Fsp3) is 0.143. The summed E-state index contributed by atoms with van der Waals surface area (Å²) in [5, 5.41) is 0. The molecule has 1 nitrogen and oxygen atoms in total. The molecule has 17 heavy (non-hydrogen) atoms. The summed E-state index contributed by atoms with van der Waals surface area (Å²) >= 11 is 0. The molecule has 0 saturated carbocycles. The molecule has 0 bridgehead atoms. The maximum Gasteiger partial charge on any atom is 1.00 e. The third-order valence-electron chi connectivity index (χ3n) is 2.06. The standard InChI is InChI=1S/C14H12O.2Li/c1-3-7-13(8-4-1)11-15-12-14-9-5-2-6-10-14;;/h1-7,9H,11-12H2;;/q-2;2*+1. The summed E-state index contributed by atoms with van der Waals surface area (Å²) in [5.41, 5.74) is 2.15. The second-order valence-electron chi connectivity index (χ2n) is 3.27. The fourth-order valence-corrected chi connectivity index (χ4v) is 1.31. The SMILES string of the molecule is [Li+].[Li+].[c-]1ccccc1COCc1[c-]cccc1. The van der Waals surface area contributed by atoms with Crippen LogP contribution >= 0.6 is 0 Å². The minimum Gasteiger partial charge on any atom is -0.376 e. The Morgan fingerprint density at radius 3 is 1.59 bits per heavy atom. The first-order chi connectivity index (χ1) is 7.45. The molecule has 0 unspecified atom stereocenters. The molecule has 0 spiro atoms. The van der Waals surface area contributed by atoms with Crippen LogP contribution in [-0.2, 0) is 18.0 Å². The predicted octanol–water partition coefficient (Wildman–Crippen LogP) is -2.99. The quantitative estimate of drug-likeness (QED) is 0.386. The maximum absolute atomic E-state index is 5.54. The van der Waals surface area contributed by atoms with Crippen LogP contribution in [0, 0.1) is 12.1 Å². The van der Waals surface area contributed by atoms with Crippen LogP contribution in [0.2, 0.25) is 0 Å². The van der Waals surface area contributed by atoms with Gasteiger partial charge in [-0.2, -0.15) is 60.7 Å². The minimum absolute atomic E-state index is 0. The molecule has 2 rings (SSSR count). The van der Waals surface area contributed by atoms with Gasteiger partial charge in [0.25, 0.3) is 0 Å². The van der Waals surface area contributed by atoms with Gasteiger partial charge < -0.3 is 4.74 Å². The minimum atomic E-state index is 0. The Morgan fingerprint density at radius 2 is 1.24 bits per heavy atom. The number of hydrogen-bond donors (Lipinski definition) is 0. The van der Waals surface area contributed by atoms with Crippen molar-refractivity contribution in [1.82, 2.24) is 0 Å². The fourth-order valence-electron chi connectivity index (χ4n) is 1.31. The van der Waals surface area contributed by atoms with E-state index in [1.165, 1.54) is 0 Å². The molecule has 0 aliphatic heterocycles. The zero-order valence-electron chi connectivity index (χ0n) is 10.4. The average Bonchev–Trinajstić information content (AvgIpc) is 2.32. The van der Waals surface area contributed by atoms with Crippen LogP contribution in [0.1, 0.15) is 11.1 Å². The van der Waals surface area contributed by atoms with Crippen LogP contribution in [0.25, 0.3) is 0 Å². The molecule has 0 N–H and O–H groups in total. The molecule has 0 fully saturated rings. The largest absolute Gasteiger partial charge is 1.00 e. The molecule has 0 amide bonds. The van der Waals surface area contributed by atoms with Gasteiger partial charge in [-0.1, -0.05) is 0 Å². The number of ether oxygens (including phenoxy) is 1. The Bertz CT molecular complexity index is 350. The van der Waals surface area contributed by atoms with Gasteiger partial charge in [-0.3, -0.25) is 0 Å². The summed E-state index contributed by atoms with van der Waals surface area (Å²) in [6.07, 6.45) is 0. The molecule has 0 radical (unpaired) electrons. The van der Waals surface area contributed by atoms with E-state index in [2.05, 4.69) is 12.1 Å². The monoisotopic (exact) mass is 210 g/mol. The van der Waals surface area contributed by atoms with E-state index in [-0.39, 0.29) is 37.7 Å². The van der Waals surface area contributed by atoms with Crippen molar-refractivity contribution in [2.45, 2.75) is 13.2 Å². The molecule has 76 valence electrons. The van der Waals surface area contributed by atoms with E-state index in [0.717, 1.165) is 11.1 Å². The molecule has 2 aromatic carbocycles. The Hall–Kier alpha value is -0.405. The summed E-state index contributed by atoms with van der Waals surface area (Å²) in [6.45, 7) is 1.20. The van der Waals surface area contributed by atoms with Gasteiger partial charge in [-0.25, -0.2) is 0 Å². The van der Waals surface area contributed by atoms with Gasteiger partial charge in [0, 0.05) is 13.2 Å². The summed E-state index contributed by atoms with van der Waals surface area (Å²) in [4.78, 5) is 0. The van der Waals surface area contributed by atoms with Crippen molar-refractivity contribution >= 4 is 0 Å². The molecule has 0 aromatic heterocycles. The van der Waals surface area contributed by atoms with Crippen molar-refractivity contribution in [2.24, 2.45) is 0 Å². The van der Waals surface area contributed by atoms with Crippen molar-refractivity contribution in [3.8, 4) is 0 Å². The van der Waals surface area contributed by atoms with Gasteiger partial charge in [-0.15, -0.1) is 11.1 Å². The van der Waals surface area contributed by atoms with Crippen LogP contribution in [0.3, 0.4) is 0 Å². The molecule has 0 heterocycles. The summed E-state index contributed by atoms with van der Waals surface area (Å²) in [5.74, 6) is 0. The molecule has 0 aliphatic carbocycles. The molecular formula is C14H12Li2O. The number of hydrogen-bond acceptors (Lipinski definition) is 1. The maximum atomic E-state index is 5.54. The third kappa shape index (κ3) is 6.18. The summed E-state index contributed by atoms with van der Waals surface area (Å²) in [6, 6.07) is 21.9. The van der Waals surface area contributed by atoms with Crippen molar-refractivity contribution in [3.05, 3.63) is 71.8 Å². The van der Waals surface area contributed by atoms with E-state index in [9.17, 15) is 0 Å². The van der Waals surface area contributed by atoms with Crippen molar-refractivity contribution in [2.75, 3.05) is 0 Å². The predicted molar refractivity (Wildman–Crippen MR) is 59.0 cm³/mol. The Morgan fingerprint density at radius 1 is 0.765 bits per heavy atom. The molecule has 0 atom stereocenters. The van der Waals surface area contributed by atoms with Gasteiger partial charge in [-0.05, 0) is 0 Å². The van der Waals surface area contributed by atoms with Crippen LogP contribution in [0.4, 0.5) is 0 Å². The summed E-state index contributed by atoms with van der Waals surface area (Å²) < 4.78 is 5.54. The zero-order valence-corrected chi connectivity index (χ0v) is 10.4. The Labute approximate surface area is 127 Å². The van der Waals surface area contributed by atoms with Gasteiger partial charge in [0.2, 0.25) is 0 Å². The average molecular weight is 210 g/mol. The third-order valence-corrected chi connectivity index (χ3v) is 2.06. The van der Waals surface area contributed by atoms with Crippen LogP contribution < -0.4 is 37.7 Å². The van der Waals surface area contributed by atoms with Crippen LogP contribution in [-0.4, -0.2) is 0 Å². The van der Waals surface area contributed by atoms with Crippen LogP contribution in [0.5, 0.6) is 0 Å². The topological polar surface area (TPSA) is 9.23 Å². The van der Waals surface area contributed by atoms with Gasteiger partial charge in [0.05, 0.1) is 0 Å². The molecule has 2 aromatic rings. The van der Waals surface area contributed by atoms with E-state index in [1.54, 1.807) is 0 Å². The van der Waals surface area contributed by atoms with E-state index < -0.39 is 0 Å². The zero-order chi connectivity index (χ0) is 10.3. The van der Waals surface area contributed by atoms with E-state index in [1.807, 2.05) is 48.5 Å². The van der Waals surface area contributed by atoms with Crippen molar-refractivity contribution in [3.63, 3.8) is 0 Å². The molecular weight excluding hydrogens is 198 g/mol. The molecule has 0 saturated heterocycles. The van der Waals surface area contributed by atoms with Gasteiger partial charge in [0.1, 0.15) is 0 Å². The number of benzene rings is 2. The second kappa shape index (κ2) is 9.61. The first-order valence-corrected chi connectivity index (χ1v) is 4.94. The van der Waals surface area contributed by atoms with Gasteiger partial charge >= 0.3 is 37.7 Å².